The Bertz CT molecular complexity index is 834. The molecule has 6 heteroatoms. The van der Waals surface area contributed by atoms with Gasteiger partial charge in [0.2, 0.25) is 0 Å². The number of hydrogen-bond acceptors (Lipinski definition) is 6. The Hall–Kier alpha value is -1.14. The number of carbonyl (C=O) groups excluding carboxylic acids is 2. The van der Waals surface area contributed by atoms with Crippen molar-refractivity contribution >= 4 is 11.9 Å². The smallest absolute Gasteiger partial charge is 0.305 e. The first-order chi connectivity index (χ1) is 26.6. The molecule has 2 atom stereocenters. The third kappa shape index (κ3) is 32.8. The highest BCUT2D eigenvalue weighted by atomic mass is 16.5. The highest BCUT2D eigenvalue weighted by molar-refractivity contribution is 5.69. The first-order valence-corrected chi connectivity index (χ1v) is 24.3. The van der Waals surface area contributed by atoms with E-state index in [9.17, 15) is 9.59 Å². The van der Waals surface area contributed by atoms with Gasteiger partial charge in [0, 0.05) is 38.1 Å². The predicted octanol–water partition coefficient (Wildman–Crippen LogP) is 14.4. The third-order valence-electron chi connectivity index (χ3n) is 12.1. The van der Waals surface area contributed by atoms with Crippen molar-refractivity contribution in [3.63, 3.8) is 0 Å². The van der Waals surface area contributed by atoms with Gasteiger partial charge in [-0.25, -0.2) is 0 Å². The summed E-state index contributed by atoms with van der Waals surface area (Å²) in [7, 11) is 0. The van der Waals surface area contributed by atoms with Crippen molar-refractivity contribution in [1.29, 1.82) is 0 Å². The summed E-state index contributed by atoms with van der Waals surface area (Å²) >= 11 is 0. The van der Waals surface area contributed by atoms with Gasteiger partial charge in [-0.1, -0.05) is 145 Å². The van der Waals surface area contributed by atoms with Crippen LogP contribution in [0.15, 0.2) is 0 Å². The monoisotopic (exact) mass is 794 g/mol. The summed E-state index contributed by atoms with van der Waals surface area (Å²) < 4.78 is 17.9. The van der Waals surface area contributed by atoms with Gasteiger partial charge in [0.05, 0.1) is 19.3 Å². The molecule has 0 heterocycles. The summed E-state index contributed by atoms with van der Waals surface area (Å²) in [6.07, 6.45) is 26.3. The minimum Gasteiger partial charge on any atom is -0.465 e. The van der Waals surface area contributed by atoms with Crippen molar-refractivity contribution in [1.82, 2.24) is 4.90 Å². The van der Waals surface area contributed by atoms with Crippen molar-refractivity contribution in [2.24, 2.45) is 35.5 Å². The zero-order chi connectivity index (χ0) is 42.1. The van der Waals surface area contributed by atoms with E-state index in [0.29, 0.717) is 79.8 Å². The molecule has 0 aliphatic carbocycles. The van der Waals surface area contributed by atoms with E-state index in [1.807, 2.05) is 0 Å². The Morgan fingerprint density at radius 2 is 0.786 bits per heavy atom. The second-order valence-electron chi connectivity index (χ2n) is 19.6. The molecule has 0 radical (unpaired) electrons. The fourth-order valence-corrected chi connectivity index (χ4v) is 7.83. The van der Waals surface area contributed by atoms with Crippen LogP contribution >= 0.6 is 0 Å². The van der Waals surface area contributed by atoms with Crippen LogP contribution in [0.5, 0.6) is 0 Å². The zero-order valence-electron chi connectivity index (χ0n) is 39.8. The molecule has 2 unspecified atom stereocenters. The lowest BCUT2D eigenvalue weighted by Gasteiger charge is -2.30. The van der Waals surface area contributed by atoms with Crippen LogP contribution in [-0.2, 0) is 23.8 Å². The maximum atomic E-state index is 12.3. The molecular formula is C50H99NO5. The van der Waals surface area contributed by atoms with Gasteiger partial charge in [-0.3, -0.25) is 14.5 Å². The normalized spacial score (nSPS) is 13.9. The van der Waals surface area contributed by atoms with Gasteiger partial charge in [-0.2, -0.15) is 0 Å². The molecule has 0 aromatic heterocycles. The molecule has 56 heavy (non-hydrogen) atoms. The average Bonchev–Trinajstić information content (AvgIpc) is 3.11. The number of ether oxygens (including phenoxy) is 3. The van der Waals surface area contributed by atoms with Gasteiger partial charge in [-0.15, -0.1) is 0 Å². The van der Waals surface area contributed by atoms with Crippen LogP contribution in [0.2, 0.25) is 0 Å². The second-order valence-corrected chi connectivity index (χ2v) is 19.6. The van der Waals surface area contributed by atoms with Crippen LogP contribution in [0, 0.1) is 35.5 Å². The van der Waals surface area contributed by atoms with E-state index in [-0.39, 0.29) is 11.9 Å². The fourth-order valence-electron chi connectivity index (χ4n) is 7.83. The average molecular weight is 794 g/mol. The van der Waals surface area contributed by atoms with Gasteiger partial charge in [0.15, 0.2) is 0 Å². The van der Waals surface area contributed by atoms with Crippen LogP contribution in [0.4, 0.5) is 0 Å². The first-order valence-electron chi connectivity index (χ1n) is 24.3. The molecule has 0 aliphatic heterocycles. The van der Waals surface area contributed by atoms with Crippen LogP contribution in [0.1, 0.15) is 231 Å². The van der Waals surface area contributed by atoms with E-state index >= 15 is 0 Å². The Labute approximate surface area is 350 Å². The quantitative estimate of drug-likeness (QED) is 0.0456. The summed E-state index contributed by atoms with van der Waals surface area (Å²) in [4.78, 5) is 27.3. The molecule has 0 saturated carbocycles. The molecule has 0 amide bonds. The SMILES string of the molecule is CC(C)CCC(COC(=O)CCCCCCCCCC(CCCCCCCCCC(=O)OCC(CCC(C)C)C(C)C)OCCCN(C(C)C)C(C)C)C(C)C. The van der Waals surface area contributed by atoms with Crippen molar-refractivity contribution in [2.75, 3.05) is 26.4 Å². The fraction of sp³-hybridized carbons (Fsp3) is 0.960. The van der Waals surface area contributed by atoms with Crippen molar-refractivity contribution in [3.05, 3.63) is 0 Å². The highest BCUT2D eigenvalue weighted by Gasteiger charge is 2.18. The lowest BCUT2D eigenvalue weighted by atomic mass is 9.89. The summed E-state index contributed by atoms with van der Waals surface area (Å²) in [5, 5.41) is 0. The molecule has 0 aromatic carbocycles. The van der Waals surface area contributed by atoms with Gasteiger partial charge < -0.3 is 14.2 Å². The number of nitrogens with zero attached hydrogens (tertiary/aromatic N) is 1. The van der Waals surface area contributed by atoms with Crippen molar-refractivity contribution < 1.29 is 23.8 Å². The van der Waals surface area contributed by atoms with Crippen LogP contribution in [0.25, 0.3) is 0 Å². The maximum Gasteiger partial charge on any atom is 0.305 e. The second kappa shape index (κ2) is 35.8. The first kappa shape index (κ1) is 54.9. The highest BCUT2D eigenvalue weighted by Crippen LogP contribution is 2.23. The molecule has 0 spiro atoms. The Balaban J connectivity index is 4.33. The number of rotatable bonds is 39. The van der Waals surface area contributed by atoms with Crippen LogP contribution in [-0.4, -0.2) is 61.4 Å². The summed E-state index contributed by atoms with van der Waals surface area (Å²) in [6, 6.07) is 1.13. The van der Waals surface area contributed by atoms with Crippen molar-refractivity contribution in [3.8, 4) is 0 Å². The lowest BCUT2D eigenvalue weighted by molar-refractivity contribution is -0.146. The largest absolute Gasteiger partial charge is 0.465 e. The molecule has 0 aromatic rings. The van der Waals surface area contributed by atoms with Gasteiger partial charge in [-0.05, 0) is 108 Å². The molecule has 0 bridgehead atoms. The Morgan fingerprint density at radius 3 is 1.12 bits per heavy atom. The summed E-state index contributed by atoms with van der Waals surface area (Å²) in [6.45, 7) is 30.3. The third-order valence-corrected chi connectivity index (χ3v) is 12.1. The van der Waals surface area contributed by atoms with E-state index in [4.69, 9.17) is 14.2 Å². The molecular weight excluding hydrogens is 695 g/mol. The molecule has 0 aliphatic rings. The molecule has 0 rings (SSSR count). The van der Waals surface area contributed by atoms with Gasteiger partial charge in [0.25, 0.3) is 0 Å². The molecule has 0 saturated heterocycles. The number of unbranched alkanes of at least 4 members (excludes halogenated alkanes) is 12. The van der Waals surface area contributed by atoms with Crippen LogP contribution < -0.4 is 0 Å². The van der Waals surface area contributed by atoms with E-state index in [1.165, 1.54) is 89.9 Å². The van der Waals surface area contributed by atoms with E-state index in [0.717, 1.165) is 58.1 Å². The van der Waals surface area contributed by atoms with E-state index in [1.54, 1.807) is 0 Å². The topological polar surface area (TPSA) is 65.1 Å². The van der Waals surface area contributed by atoms with Gasteiger partial charge in [0.1, 0.15) is 0 Å². The lowest BCUT2D eigenvalue weighted by Crippen LogP contribution is -2.38. The molecule has 0 fully saturated rings. The number of esters is 2. The summed E-state index contributed by atoms with van der Waals surface area (Å²) in [5.74, 6) is 3.44. The Morgan fingerprint density at radius 1 is 0.429 bits per heavy atom. The molecule has 6 nitrogen and oxygen atoms in total. The van der Waals surface area contributed by atoms with E-state index in [2.05, 4.69) is 88.0 Å². The molecule has 334 valence electrons. The standard InChI is InChI=1S/C50H99NO5/c1-40(2)32-34-46(42(5)6)38-55-49(52)30-25-21-17-13-15-19-23-28-48(54-37-27-36-51(44(9)10)45(11)12)29-24-20-16-14-18-22-26-31-50(53)56-39-47(43(7)8)35-33-41(3)4/h40-48H,13-39H2,1-12H3. The predicted molar refractivity (Wildman–Crippen MR) is 241 cm³/mol. The zero-order valence-corrected chi connectivity index (χ0v) is 39.8. The number of hydrogen-bond donors (Lipinski definition) is 0. The number of carbonyl (C=O) groups is 2. The molecule has 0 N–H and O–H groups in total. The maximum absolute atomic E-state index is 12.3. The summed E-state index contributed by atoms with van der Waals surface area (Å²) in [5.41, 5.74) is 0. The van der Waals surface area contributed by atoms with Crippen molar-refractivity contribution in [2.45, 2.75) is 249 Å². The minimum atomic E-state index is -0.00992. The van der Waals surface area contributed by atoms with E-state index < -0.39 is 0 Å². The Kier molecular flexibility index (Phi) is 35.0. The van der Waals surface area contributed by atoms with Crippen LogP contribution in [0.3, 0.4) is 0 Å². The van der Waals surface area contributed by atoms with Gasteiger partial charge >= 0.3 is 11.9 Å². The minimum absolute atomic E-state index is 0.00992.